The van der Waals surface area contributed by atoms with Crippen LogP contribution in [0.5, 0.6) is 0 Å². The molecular weight excluding hydrogens is 248 g/mol. The standard InChI is InChI=1S/C7H7N6O5/c1-3-4(12(15)16)2-10-5(8)6(13(17)18)9-11(14)7(3)10/h2H,8H2,1H3,(H,9,14)/q+1. The largest absolute Gasteiger partial charge is 0.425 e. The van der Waals surface area contributed by atoms with E-state index < -0.39 is 21.5 Å². The minimum atomic E-state index is -0.885. The molecule has 0 radical (unpaired) electrons. The molecule has 94 valence electrons. The zero-order valence-corrected chi connectivity index (χ0v) is 8.98. The Morgan fingerprint density at radius 1 is 1.39 bits per heavy atom. The van der Waals surface area contributed by atoms with E-state index in [2.05, 4.69) is 0 Å². The van der Waals surface area contributed by atoms with Gasteiger partial charge in [0.05, 0.1) is 4.92 Å². The van der Waals surface area contributed by atoms with Gasteiger partial charge < -0.3 is 15.8 Å². The van der Waals surface area contributed by atoms with Gasteiger partial charge in [-0.15, -0.1) is 0 Å². The first-order valence-electron chi connectivity index (χ1n) is 4.59. The van der Waals surface area contributed by atoms with E-state index in [9.17, 15) is 25.1 Å². The van der Waals surface area contributed by atoms with Gasteiger partial charge in [0.25, 0.3) is 5.82 Å². The maximum absolute atomic E-state index is 11.6. The second kappa shape index (κ2) is 3.51. The molecule has 0 aliphatic heterocycles. The summed E-state index contributed by atoms with van der Waals surface area (Å²) < 4.78 is 0.978. The van der Waals surface area contributed by atoms with Crippen molar-refractivity contribution >= 4 is 23.0 Å². The molecule has 0 aliphatic carbocycles. The minimum absolute atomic E-state index is 0.0628. The molecule has 2 rings (SSSR count). The Kier molecular flexibility index (Phi) is 2.24. The first-order chi connectivity index (χ1) is 8.34. The van der Waals surface area contributed by atoms with Crippen LogP contribution in [0.3, 0.4) is 0 Å². The van der Waals surface area contributed by atoms with Crippen molar-refractivity contribution in [3.63, 3.8) is 0 Å². The smallest absolute Gasteiger partial charge is 0.359 e. The lowest BCUT2D eigenvalue weighted by Crippen LogP contribution is -2.26. The molecule has 0 bridgehead atoms. The number of H-pyrrole nitrogens is 1. The van der Waals surface area contributed by atoms with Crippen LogP contribution in [0.2, 0.25) is 0 Å². The Hall–Kier alpha value is -2.98. The second-order valence-corrected chi connectivity index (χ2v) is 3.49. The molecule has 11 nitrogen and oxygen atoms in total. The molecule has 0 atom stereocenters. The second-order valence-electron chi connectivity index (χ2n) is 3.49. The molecule has 0 saturated carbocycles. The topological polar surface area (TPSA) is 155 Å². The molecule has 18 heavy (non-hydrogen) atoms. The van der Waals surface area contributed by atoms with Crippen molar-refractivity contribution in [2.24, 2.45) is 0 Å². The molecule has 0 unspecified atom stereocenters. The van der Waals surface area contributed by atoms with E-state index in [0.29, 0.717) is 0 Å². The van der Waals surface area contributed by atoms with Crippen LogP contribution in [-0.4, -0.2) is 19.3 Å². The van der Waals surface area contributed by atoms with E-state index >= 15 is 0 Å². The number of hydrogen-bond acceptors (Lipinski definition) is 6. The summed E-state index contributed by atoms with van der Waals surface area (Å²) in [6.45, 7) is 1.35. The molecule has 0 spiro atoms. The van der Waals surface area contributed by atoms with Crippen molar-refractivity contribution in [1.29, 1.82) is 0 Å². The van der Waals surface area contributed by atoms with Crippen molar-refractivity contribution < 1.29 is 14.4 Å². The third-order valence-electron chi connectivity index (χ3n) is 2.48. The molecule has 0 saturated heterocycles. The molecule has 2 heterocycles. The summed E-state index contributed by atoms with van der Waals surface area (Å²) in [6, 6.07) is 0. The number of aromatic amines is 1. The van der Waals surface area contributed by atoms with Gasteiger partial charge in [-0.3, -0.25) is 10.1 Å². The fourth-order valence-corrected chi connectivity index (χ4v) is 1.65. The van der Waals surface area contributed by atoms with Gasteiger partial charge in [-0.25, -0.2) is 0 Å². The van der Waals surface area contributed by atoms with Gasteiger partial charge in [0.2, 0.25) is 0 Å². The van der Waals surface area contributed by atoms with Crippen molar-refractivity contribution in [3.05, 3.63) is 36.9 Å². The van der Waals surface area contributed by atoms with E-state index in [1.165, 1.54) is 6.92 Å². The molecule has 2 aromatic heterocycles. The zero-order chi connectivity index (χ0) is 13.6. The zero-order valence-electron chi connectivity index (χ0n) is 8.98. The highest BCUT2D eigenvalue weighted by molar-refractivity contribution is 5.62. The predicted molar refractivity (Wildman–Crippen MR) is 57.6 cm³/mol. The molecule has 11 heteroatoms. The van der Waals surface area contributed by atoms with Crippen LogP contribution < -0.4 is 10.3 Å². The van der Waals surface area contributed by atoms with Crippen LogP contribution in [0.4, 0.5) is 17.3 Å². The summed E-state index contributed by atoms with van der Waals surface area (Å²) in [5.74, 6) is -1.12. The Labute approximate surface area is 97.3 Å². The number of nitrogens with two attached hydrogens (primary N) is 1. The summed E-state index contributed by atoms with van der Waals surface area (Å²) in [4.78, 5) is 31.4. The third-order valence-corrected chi connectivity index (χ3v) is 2.48. The summed E-state index contributed by atoms with van der Waals surface area (Å²) in [7, 11) is 0. The van der Waals surface area contributed by atoms with Gasteiger partial charge in [-0.2, -0.15) is 4.40 Å². The van der Waals surface area contributed by atoms with E-state index in [4.69, 9.17) is 5.73 Å². The number of aromatic nitrogens is 3. The molecule has 0 fully saturated rings. The molecule has 2 aromatic rings. The van der Waals surface area contributed by atoms with E-state index in [-0.39, 0.29) is 21.4 Å². The van der Waals surface area contributed by atoms with Crippen molar-refractivity contribution in [1.82, 2.24) is 9.50 Å². The number of fused-ring (bicyclic) bond motifs is 1. The Balaban J connectivity index is 2.99. The Morgan fingerprint density at radius 3 is 2.50 bits per heavy atom. The average molecular weight is 255 g/mol. The minimum Gasteiger partial charge on any atom is -0.359 e. The van der Waals surface area contributed by atoms with Crippen LogP contribution in [0.15, 0.2) is 6.20 Å². The molecule has 0 amide bonds. The number of nitrogens with one attached hydrogen (secondary N) is 1. The SMILES string of the molecule is Cc1c([N+](=O)[O-])cn2c(N)c([N+](=O)[O-])[nH][n+](=O)c12. The number of rotatable bonds is 2. The Bertz CT molecular complexity index is 743. The molecule has 3 N–H and O–H groups in total. The van der Waals surface area contributed by atoms with Crippen LogP contribution in [0.1, 0.15) is 5.56 Å². The van der Waals surface area contributed by atoms with Crippen LogP contribution >= 0.6 is 0 Å². The predicted octanol–water partition coefficient (Wildman–Crippen LogP) is -0.111. The van der Waals surface area contributed by atoms with Crippen molar-refractivity contribution in [3.8, 4) is 0 Å². The van der Waals surface area contributed by atoms with Gasteiger partial charge in [0.1, 0.15) is 5.56 Å². The van der Waals surface area contributed by atoms with E-state index in [1.54, 1.807) is 0 Å². The number of hydrogen-bond donors (Lipinski definition) is 2. The number of nitro groups is 2. The average Bonchev–Trinajstić information content (AvgIpc) is 2.62. The van der Waals surface area contributed by atoms with Crippen molar-refractivity contribution in [2.75, 3.05) is 5.73 Å². The van der Waals surface area contributed by atoms with E-state index in [0.717, 1.165) is 10.6 Å². The fourth-order valence-electron chi connectivity index (χ4n) is 1.65. The first-order valence-corrected chi connectivity index (χ1v) is 4.59. The van der Waals surface area contributed by atoms with Crippen molar-refractivity contribution in [2.45, 2.75) is 6.92 Å². The normalized spacial score (nSPS) is 10.7. The lowest BCUT2D eigenvalue weighted by atomic mass is 10.3. The van der Waals surface area contributed by atoms with Gasteiger partial charge in [0.15, 0.2) is 10.7 Å². The first kappa shape index (κ1) is 11.5. The highest BCUT2D eigenvalue weighted by Crippen LogP contribution is 2.26. The van der Waals surface area contributed by atoms with E-state index in [1.807, 2.05) is 5.10 Å². The maximum atomic E-state index is 11.6. The molecule has 0 aromatic carbocycles. The monoisotopic (exact) mass is 255 g/mol. The van der Waals surface area contributed by atoms with Crippen LogP contribution in [0.25, 0.3) is 5.65 Å². The number of aryl methyl sites for hydroxylation is 1. The fraction of sp³-hybridized carbons (Fsp3) is 0.143. The summed E-state index contributed by atoms with van der Waals surface area (Å²) in [5.41, 5.74) is 5.04. The van der Waals surface area contributed by atoms with Gasteiger partial charge >= 0.3 is 17.2 Å². The summed E-state index contributed by atoms with van der Waals surface area (Å²) in [6.07, 6.45) is 0.968. The van der Waals surface area contributed by atoms with Gasteiger partial charge in [-0.05, 0) is 21.9 Å². The van der Waals surface area contributed by atoms with Gasteiger partial charge in [-0.1, -0.05) is 0 Å². The van der Waals surface area contributed by atoms with Crippen LogP contribution in [0, 0.1) is 32.1 Å². The lowest BCUT2D eigenvalue weighted by Gasteiger charge is -1.94. The lowest BCUT2D eigenvalue weighted by molar-refractivity contribution is -0.553. The number of nitrogen functional groups attached to an aromatic ring is 1. The number of anilines is 1. The van der Waals surface area contributed by atoms with Gasteiger partial charge in [0, 0.05) is 0 Å². The Morgan fingerprint density at radius 2 is 2.00 bits per heavy atom. The quantitative estimate of drug-likeness (QED) is 0.433. The highest BCUT2D eigenvalue weighted by atomic mass is 16.6. The maximum Gasteiger partial charge on any atom is 0.425 e. The third kappa shape index (κ3) is 1.37. The molecule has 0 aliphatic rings. The van der Waals surface area contributed by atoms with Crippen LogP contribution in [-0.2, 0) is 0 Å². The summed E-state index contributed by atoms with van der Waals surface area (Å²) >= 11 is 0. The highest BCUT2D eigenvalue weighted by Gasteiger charge is 2.32. The molecular formula is C7H7N6O5+. The summed E-state index contributed by atoms with van der Waals surface area (Å²) in [5, 5.41) is 23.3. The number of nitrogens with zero attached hydrogens (tertiary/aromatic N) is 4.